The summed E-state index contributed by atoms with van der Waals surface area (Å²) in [7, 11) is 3.22. The second-order valence-corrected chi connectivity index (χ2v) is 6.37. The zero-order valence-electron chi connectivity index (χ0n) is 17.0. The van der Waals surface area contributed by atoms with Crippen LogP contribution in [-0.2, 0) is 16.0 Å². The Balaban J connectivity index is 1.41. The van der Waals surface area contributed by atoms with Gasteiger partial charge in [-0.15, -0.1) is 0 Å². The zero-order chi connectivity index (χ0) is 21.2. The Labute approximate surface area is 174 Å². The molecule has 0 saturated carbocycles. The number of ether oxygens (including phenoxy) is 3. The number of pyridine rings is 1. The average Bonchev–Trinajstić information content (AvgIpc) is 3.24. The molecule has 9 nitrogen and oxygen atoms in total. The third-order valence-electron chi connectivity index (χ3n) is 4.17. The topological polar surface area (TPSA) is 109 Å². The van der Waals surface area contributed by atoms with Gasteiger partial charge in [0.05, 0.1) is 25.6 Å². The van der Waals surface area contributed by atoms with Gasteiger partial charge >= 0.3 is 0 Å². The van der Waals surface area contributed by atoms with Crippen LogP contribution in [0, 0.1) is 0 Å². The molecule has 30 heavy (non-hydrogen) atoms. The van der Waals surface area contributed by atoms with E-state index in [1.807, 2.05) is 24.3 Å². The summed E-state index contributed by atoms with van der Waals surface area (Å²) in [5, 5.41) is 6.79. The number of carbonyl (C=O) groups excluding carboxylic acids is 1. The molecule has 158 valence electrons. The molecule has 1 amide bonds. The van der Waals surface area contributed by atoms with Crippen molar-refractivity contribution in [1.29, 1.82) is 0 Å². The lowest BCUT2D eigenvalue weighted by atomic mass is 10.2. The largest absolute Gasteiger partial charge is 0.497 e. The molecule has 3 aromatic rings. The SMILES string of the molecule is COCCOc1ccc(NC(=O)CCCc2nc(-c3ccc(OC)cc3)no2)cn1. The van der Waals surface area contributed by atoms with Crippen LogP contribution in [0.3, 0.4) is 0 Å². The van der Waals surface area contributed by atoms with Crippen molar-refractivity contribution in [2.24, 2.45) is 0 Å². The maximum Gasteiger partial charge on any atom is 0.226 e. The summed E-state index contributed by atoms with van der Waals surface area (Å²) >= 11 is 0. The van der Waals surface area contributed by atoms with Crippen LogP contribution in [0.4, 0.5) is 5.69 Å². The van der Waals surface area contributed by atoms with E-state index in [1.165, 1.54) is 0 Å². The number of rotatable bonds is 11. The highest BCUT2D eigenvalue weighted by Gasteiger charge is 2.10. The summed E-state index contributed by atoms with van der Waals surface area (Å²) in [5.41, 5.74) is 1.45. The van der Waals surface area contributed by atoms with E-state index < -0.39 is 0 Å². The van der Waals surface area contributed by atoms with Crippen molar-refractivity contribution < 1.29 is 23.5 Å². The van der Waals surface area contributed by atoms with Gasteiger partial charge in [0.25, 0.3) is 0 Å². The Morgan fingerprint density at radius 3 is 2.63 bits per heavy atom. The third-order valence-corrected chi connectivity index (χ3v) is 4.17. The quantitative estimate of drug-likeness (QED) is 0.479. The molecule has 0 aliphatic rings. The van der Waals surface area contributed by atoms with E-state index in [2.05, 4.69) is 20.4 Å². The summed E-state index contributed by atoms with van der Waals surface area (Å²) in [4.78, 5) is 20.6. The molecule has 0 aliphatic heterocycles. The minimum absolute atomic E-state index is 0.111. The molecular weight excluding hydrogens is 388 g/mol. The lowest BCUT2D eigenvalue weighted by Crippen LogP contribution is -2.12. The highest BCUT2D eigenvalue weighted by atomic mass is 16.5. The Kier molecular flexibility index (Phi) is 7.73. The van der Waals surface area contributed by atoms with Crippen LogP contribution in [0.25, 0.3) is 11.4 Å². The van der Waals surface area contributed by atoms with E-state index >= 15 is 0 Å². The van der Waals surface area contributed by atoms with Gasteiger partial charge in [-0.05, 0) is 36.8 Å². The van der Waals surface area contributed by atoms with Crippen LogP contribution < -0.4 is 14.8 Å². The molecular formula is C21H24N4O5. The van der Waals surface area contributed by atoms with Crippen LogP contribution >= 0.6 is 0 Å². The molecule has 2 heterocycles. The number of aromatic nitrogens is 3. The van der Waals surface area contributed by atoms with Crippen molar-refractivity contribution in [1.82, 2.24) is 15.1 Å². The van der Waals surface area contributed by atoms with Gasteiger partial charge in [-0.25, -0.2) is 4.98 Å². The Bertz CT molecular complexity index is 925. The van der Waals surface area contributed by atoms with Gasteiger partial charge in [0, 0.05) is 31.6 Å². The Morgan fingerprint density at radius 1 is 1.10 bits per heavy atom. The fraction of sp³-hybridized carbons (Fsp3) is 0.333. The van der Waals surface area contributed by atoms with Crippen molar-refractivity contribution in [2.45, 2.75) is 19.3 Å². The van der Waals surface area contributed by atoms with Crippen molar-refractivity contribution >= 4 is 11.6 Å². The van der Waals surface area contributed by atoms with Gasteiger partial charge in [0.1, 0.15) is 12.4 Å². The number of carbonyl (C=O) groups is 1. The van der Waals surface area contributed by atoms with Crippen molar-refractivity contribution in [3.8, 4) is 23.0 Å². The summed E-state index contributed by atoms with van der Waals surface area (Å²) in [5.74, 6) is 2.13. The first-order valence-corrected chi connectivity index (χ1v) is 9.52. The fourth-order valence-corrected chi connectivity index (χ4v) is 2.61. The number of hydrogen-bond donors (Lipinski definition) is 1. The predicted molar refractivity (Wildman–Crippen MR) is 109 cm³/mol. The predicted octanol–water partition coefficient (Wildman–Crippen LogP) is 3.13. The normalized spacial score (nSPS) is 10.6. The van der Waals surface area contributed by atoms with Gasteiger partial charge in [-0.3, -0.25) is 4.79 Å². The van der Waals surface area contributed by atoms with Crippen LogP contribution in [0.1, 0.15) is 18.7 Å². The minimum Gasteiger partial charge on any atom is -0.497 e. The second kappa shape index (κ2) is 10.9. The van der Waals surface area contributed by atoms with E-state index in [1.54, 1.807) is 32.5 Å². The number of amides is 1. The standard InChI is InChI=1S/C21H24N4O5/c1-27-12-13-29-19-11-8-16(14-22-19)23-18(26)4-3-5-20-24-21(25-30-20)15-6-9-17(28-2)10-7-15/h6-11,14H,3-5,12-13H2,1-2H3,(H,23,26). The van der Waals surface area contributed by atoms with Crippen molar-refractivity contribution in [3.05, 3.63) is 48.5 Å². The Morgan fingerprint density at radius 2 is 1.93 bits per heavy atom. The van der Waals surface area contributed by atoms with E-state index in [0.29, 0.717) is 55.8 Å². The number of aryl methyl sites for hydroxylation is 1. The molecule has 0 radical (unpaired) electrons. The number of hydrogen-bond acceptors (Lipinski definition) is 8. The number of nitrogens with one attached hydrogen (secondary N) is 1. The van der Waals surface area contributed by atoms with Crippen LogP contribution in [0.15, 0.2) is 47.1 Å². The molecule has 0 saturated heterocycles. The van der Waals surface area contributed by atoms with E-state index in [4.69, 9.17) is 18.7 Å². The van der Waals surface area contributed by atoms with Crippen molar-refractivity contribution in [3.63, 3.8) is 0 Å². The molecule has 0 aliphatic carbocycles. The molecule has 0 atom stereocenters. The van der Waals surface area contributed by atoms with Crippen LogP contribution in [-0.4, -0.2) is 48.5 Å². The fourth-order valence-electron chi connectivity index (χ4n) is 2.61. The van der Waals surface area contributed by atoms with Gasteiger partial charge in [-0.1, -0.05) is 5.16 Å². The smallest absolute Gasteiger partial charge is 0.226 e. The van der Waals surface area contributed by atoms with Gasteiger partial charge in [0.2, 0.25) is 23.5 Å². The molecule has 1 N–H and O–H groups in total. The number of methoxy groups -OCH3 is 2. The number of nitrogens with zero attached hydrogens (tertiary/aromatic N) is 3. The number of anilines is 1. The molecule has 0 bridgehead atoms. The third kappa shape index (κ3) is 6.28. The van der Waals surface area contributed by atoms with E-state index in [9.17, 15) is 4.79 Å². The molecule has 0 unspecified atom stereocenters. The molecule has 0 spiro atoms. The molecule has 2 aromatic heterocycles. The first kappa shape index (κ1) is 21.3. The zero-order valence-corrected chi connectivity index (χ0v) is 17.0. The van der Waals surface area contributed by atoms with Crippen LogP contribution in [0.5, 0.6) is 11.6 Å². The lowest BCUT2D eigenvalue weighted by molar-refractivity contribution is -0.116. The molecule has 1 aromatic carbocycles. The van der Waals surface area contributed by atoms with Gasteiger partial charge in [-0.2, -0.15) is 4.98 Å². The summed E-state index contributed by atoms with van der Waals surface area (Å²) in [6.07, 6.45) is 2.98. The number of benzene rings is 1. The molecule has 9 heteroatoms. The van der Waals surface area contributed by atoms with Gasteiger partial charge in [0.15, 0.2) is 0 Å². The highest BCUT2D eigenvalue weighted by Crippen LogP contribution is 2.20. The van der Waals surface area contributed by atoms with E-state index in [0.717, 1.165) is 11.3 Å². The van der Waals surface area contributed by atoms with Gasteiger partial charge < -0.3 is 24.1 Å². The average molecular weight is 412 g/mol. The first-order chi connectivity index (χ1) is 14.7. The van der Waals surface area contributed by atoms with Crippen LogP contribution in [0.2, 0.25) is 0 Å². The second-order valence-electron chi connectivity index (χ2n) is 6.37. The summed E-state index contributed by atoms with van der Waals surface area (Å²) in [6.45, 7) is 0.910. The van der Waals surface area contributed by atoms with E-state index in [-0.39, 0.29) is 5.91 Å². The maximum absolute atomic E-state index is 12.1. The monoisotopic (exact) mass is 412 g/mol. The summed E-state index contributed by atoms with van der Waals surface area (Å²) in [6, 6.07) is 10.8. The first-order valence-electron chi connectivity index (χ1n) is 9.52. The molecule has 3 rings (SSSR count). The van der Waals surface area contributed by atoms with Crippen molar-refractivity contribution in [2.75, 3.05) is 32.8 Å². The lowest BCUT2D eigenvalue weighted by Gasteiger charge is -2.07. The highest BCUT2D eigenvalue weighted by molar-refractivity contribution is 5.90. The Hall–Kier alpha value is -3.46. The minimum atomic E-state index is -0.111. The summed E-state index contributed by atoms with van der Waals surface area (Å²) < 4.78 is 20.7. The molecule has 0 fully saturated rings. The maximum atomic E-state index is 12.1.